The van der Waals surface area contributed by atoms with E-state index in [4.69, 9.17) is 4.42 Å². The third-order valence-corrected chi connectivity index (χ3v) is 4.49. The van der Waals surface area contributed by atoms with Gasteiger partial charge in [-0.05, 0) is 5.56 Å². The zero-order valence-electron chi connectivity index (χ0n) is 15.6. The minimum Gasteiger partial charge on any atom is -0.415 e. The molecule has 8 nitrogen and oxygen atoms in total. The first-order valence-corrected chi connectivity index (χ1v) is 9.02. The lowest BCUT2D eigenvalue weighted by Crippen LogP contribution is -2.00. The maximum atomic E-state index is 14.6. The Balaban J connectivity index is 1.52. The molecule has 0 aliphatic rings. The van der Waals surface area contributed by atoms with E-state index in [0.717, 1.165) is 5.56 Å². The second-order valence-corrected chi connectivity index (χ2v) is 6.44. The highest BCUT2D eigenvalue weighted by molar-refractivity contribution is 6.00. The summed E-state index contributed by atoms with van der Waals surface area (Å²) in [5.74, 6) is -1.25. The van der Waals surface area contributed by atoms with Crippen LogP contribution in [0.4, 0.5) is 24.8 Å². The number of fused-ring (bicyclic) bond motifs is 1. The first kappa shape index (κ1) is 18.7. The van der Waals surface area contributed by atoms with Gasteiger partial charge in [-0.15, -0.1) is 10.2 Å². The van der Waals surface area contributed by atoms with Crippen LogP contribution in [0.3, 0.4) is 0 Å². The quantitative estimate of drug-likeness (QED) is 0.415. The summed E-state index contributed by atoms with van der Waals surface area (Å²) < 4.78 is 44.7. The fraction of sp³-hybridized carbons (Fsp3) is 0.0500. The van der Waals surface area contributed by atoms with Gasteiger partial charge in [0.2, 0.25) is 5.95 Å². The Hall–Kier alpha value is -4.28. The van der Waals surface area contributed by atoms with Crippen LogP contribution >= 0.6 is 0 Å². The predicted octanol–water partition coefficient (Wildman–Crippen LogP) is 4.89. The molecule has 2 N–H and O–H groups in total. The number of aromatic amines is 1. The van der Waals surface area contributed by atoms with Gasteiger partial charge in [-0.25, -0.2) is 19.3 Å². The molecule has 31 heavy (non-hydrogen) atoms. The van der Waals surface area contributed by atoms with E-state index in [0.29, 0.717) is 16.8 Å². The molecule has 5 rings (SSSR count). The number of hydrogen-bond donors (Lipinski definition) is 2. The molecule has 11 heteroatoms. The Bertz CT molecular complexity index is 1350. The lowest BCUT2D eigenvalue weighted by molar-refractivity contribution is 0.116. The fourth-order valence-corrected chi connectivity index (χ4v) is 3.12. The van der Waals surface area contributed by atoms with Crippen LogP contribution in [0.25, 0.3) is 33.6 Å². The van der Waals surface area contributed by atoms with Crippen molar-refractivity contribution in [2.75, 3.05) is 5.32 Å². The van der Waals surface area contributed by atoms with E-state index in [1.807, 2.05) is 30.3 Å². The summed E-state index contributed by atoms with van der Waals surface area (Å²) in [6.07, 6.45) is 1.23. The Kier molecular flexibility index (Phi) is 4.54. The summed E-state index contributed by atoms with van der Waals surface area (Å²) in [7, 11) is 0. The van der Waals surface area contributed by atoms with Gasteiger partial charge in [-0.1, -0.05) is 30.3 Å². The van der Waals surface area contributed by atoms with Gasteiger partial charge >= 0.3 is 6.43 Å². The Morgan fingerprint density at radius 2 is 1.74 bits per heavy atom. The third kappa shape index (κ3) is 3.45. The number of halogens is 3. The maximum absolute atomic E-state index is 14.6. The molecule has 154 valence electrons. The number of imidazole rings is 1. The molecule has 5 aromatic rings. The second-order valence-electron chi connectivity index (χ2n) is 6.44. The van der Waals surface area contributed by atoms with E-state index in [1.54, 1.807) is 0 Å². The number of rotatable bonds is 5. The van der Waals surface area contributed by atoms with Gasteiger partial charge in [0, 0.05) is 24.0 Å². The number of H-pyrrole nitrogens is 1. The molecule has 0 radical (unpaired) electrons. The maximum Gasteiger partial charge on any atom is 0.314 e. The largest absolute Gasteiger partial charge is 0.415 e. The van der Waals surface area contributed by atoms with Gasteiger partial charge in [0.15, 0.2) is 5.82 Å². The number of anilines is 2. The van der Waals surface area contributed by atoms with Crippen molar-refractivity contribution in [2.45, 2.75) is 6.43 Å². The number of nitrogens with zero attached hydrogens (tertiary/aromatic N) is 5. The number of hydrogen-bond acceptors (Lipinski definition) is 7. The Labute approximate surface area is 172 Å². The van der Waals surface area contributed by atoms with E-state index in [-0.39, 0.29) is 22.9 Å². The average molecular weight is 423 g/mol. The molecule has 0 saturated carbocycles. The molecule has 0 amide bonds. The highest BCUT2D eigenvalue weighted by Gasteiger charge is 2.19. The summed E-state index contributed by atoms with van der Waals surface area (Å²) in [5.41, 5.74) is 2.91. The smallest absolute Gasteiger partial charge is 0.314 e. The number of nitrogens with one attached hydrogen (secondary N) is 2. The summed E-state index contributed by atoms with van der Waals surface area (Å²) in [6, 6.07) is 10.7. The van der Waals surface area contributed by atoms with Crippen LogP contribution in [0.15, 0.2) is 59.5 Å². The Morgan fingerprint density at radius 3 is 2.45 bits per heavy atom. The van der Waals surface area contributed by atoms with Gasteiger partial charge in [-0.3, -0.25) is 0 Å². The van der Waals surface area contributed by atoms with E-state index >= 15 is 0 Å². The van der Waals surface area contributed by atoms with Crippen molar-refractivity contribution in [3.05, 3.63) is 66.8 Å². The number of alkyl halides is 2. The molecule has 0 aliphatic carbocycles. The molecule has 0 spiro atoms. The van der Waals surface area contributed by atoms with Crippen LogP contribution in [0.2, 0.25) is 0 Å². The van der Waals surface area contributed by atoms with Crippen molar-refractivity contribution in [1.82, 2.24) is 30.1 Å². The van der Waals surface area contributed by atoms with Crippen LogP contribution < -0.4 is 5.32 Å². The molecule has 3 aromatic heterocycles. The van der Waals surface area contributed by atoms with Gasteiger partial charge in [0.05, 0.1) is 17.6 Å². The summed E-state index contributed by atoms with van der Waals surface area (Å²) in [4.78, 5) is 15.4. The Morgan fingerprint density at radius 1 is 0.968 bits per heavy atom. The van der Waals surface area contributed by atoms with E-state index in [1.165, 1.54) is 24.8 Å². The number of aromatic nitrogens is 6. The molecule has 0 saturated heterocycles. The molecule has 2 aromatic carbocycles. The van der Waals surface area contributed by atoms with E-state index in [9.17, 15) is 13.2 Å². The zero-order valence-corrected chi connectivity index (χ0v) is 15.6. The lowest BCUT2D eigenvalue weighted by atomic mass is 10.0. The van der Waals surface area contributed by atoms with Crippen LogP contribution in [0, 0.1) is 5.82 Å². The van der Waals surface area contributed by atoms with Gasteiger partial charge in [0.25, 0.3) is 11.8 Å². The van der Waals surface area contributed by atoms with Gasteiger partial charge in [-0.2, -0.15) is 8.78 Å². The predicted molar refractivity (Wildman–Crippen MR) is 105 cm³/mol. The monoisotopic (exact) mass is 423 g/mol. The third-order valence-electron chi connectivity index (χ3n) is 4.49. The van der Waals surface area contributed by atoms with Gasteiger partial charge < -0.3 is 14.7 Å². The first-order valence-electron chi connectivity index (χ1n) is 9.02. The zero-order chi connectivity index (χ0) is 21.4. The van der Waals surface area contributed by atoms with Crippen molar-refractivity contribution in [2.24, 2.45) is 0 Å². The normalized spacial score (nSPS) is 11.4. The molecule has 0 unspecified atom stereocenters. The van der Waals surface area contributed by atoms with Crippen LogP contribution in [-0.4, -0.2) is 30.1 Å². The second kappa shape index (κ2) is 7.52. The summed E-state index contributed by atoms with van der Waals surface area (Å²) >= 11 is 0. The van der Waals surface area contributed by atoms with E-state index in [2.05, 4.69) is 35.5 Å². The van der Waals surface area contributed by atoms with Crippen molar-refractivity contribution in [1.29, 1.82) is 0 Å². The fourth-order valence-electron chi connectivity index (χ4n) is 3.12. The SMILES string of the molecule is Fc1cc(Nc2ncc(-c3nnc(C(F)F)o3)cn2)c(-c2ccccc2)c2nc[nH]c12. The molecular weight excluding hydrogens is 411 g/mol. The molecular formula is C20H12F3N7O. The standard InChI is InChI=1S/C20H12F3N7O/c21-12-6-13(14(10-4-2-1-3-5-10)16-15(12)26-9-27-16)28-20-24-7-11(8-25-20)18-29-30-19(31-18)17(22)23/h1-9,17H,(H,26,27)(H,24,25,28). The highest BCUT2D eigenvalue weighted by Crippen LogP contribution is 2.36. The molecule has 0 aliphatic heterocycles. The van der Waals surface area contributed by atoms with Crippen molar-refractivity contribution in [3.63, 3.8) is 0 Å². The topological polar surface area (TPSA) is 105 Å². The van der Waals surface area contributed by atoms with Crippen molar-refractivity contribution < 1.29 is 17.6 Å². The first-order chi connectivity index (χ1) is 15.1. The van der Waals surface area contributed by atoms with E-state index < -0.39 is 18.1 Å². The molecule has 0 fully saturated rings. The number of benzene rings is 2. The lowest BCUT2D eigenvalue weighted by Gasteiger charge is -2.13. The van der Waals surface area contributed by atoms with Crippen LogP contribution in [0.1, 0.15) is 12.3 Å². The summed E-state index contributed by atoms with van der Waals surface area (Å²) in [5, 5.41) is 9.82. The van der Waals surface area contributed by atoms with Crippen LogP contribution in [-0.2, 0) is 0 Å². The summed E-state index contributed by atoms with van der Waals surface area (Å²) in [6.45, 7) is 0. The van der Waals surface area contributed by atoms with Crippen molar-refractivity contribution >= 4 is 22.7 Å². The highest BCUT2D eigenvalue weighted by atomic mass is 19.3. The van der Waals surface area contributed by atoms with Crippen LogP contribution in [0.5, 0.6) is 0 Å². The van der Waals surface area contributed by atoms with Gasteiger partial charge in [0.1, 0.15) is 11.0 Å². The molecule has 0 atom stereocenters. The average Bonchev–Trinajstić information content (AvgIpc) is 3.46. The minimum absolute atomic E-state index is 0.129. The minimum atomic E-state index is -2.87. The molecule has 0 bridgehead atoms. The van der Waals surface area contributed by atoms with Crippen molar-refractivity contribution in [3.8, 4) is 22.6 Å². The molecule has 3 heterocycles.